The summed E-state index contributed by atoms with van der Waals surface area (Å²) in [5.41, 5.74) is 4.33. The van der Waals surface area contributed by atoms with Gasteiger partial charge in [-0.05, 0) is 82.1 Å². The van der Waals surface area contributed by atoms with Crippen LogP contribution in [0.25, 0.3) is 10.9 Å². The first-order valence-electron chi connectivity index (χ1n) is 10.0. The van der Waals surface area contributed by atoms with Crippen molar-refractivity contribution in [3.8, 4) is 0 Å². The molecule has 1 atom stereocenters. The number of hydrogen-bond acceptors (Lipinski definition) is 1. The van der Waals surface area contributed by atoms with Crippen LogP contribution in [0.2, 0.25) is 0 Å². The summed E-state index contributed by atoms with van der Waals surface area (Å²) >= 11 is 0. The highest BCUT2D eigenvalue weighted by Crippen LogP contribution is 2.28. The van der Waals surface area contributed by atoms with E-state index in [1.165, 1.54) is 22.0 Å². The fraction of sp³-hybridized carbons (Fsp3) is 0.652. The van der Waals surface area contributed by atoms with Crippen molar-refractivity contribution in [3.05, 3.63) is 35.5 Å². The highest BCUT2D eigenvalue weighted by molar-refractivity contribution is 5.85. The van der Waals surface area contributed by atoms with Crippen molar-refractivity contribution < 1.29 is 4.74 Å². The Morgan fingerprint density at radius 3 is 2.28 bits per heavy atom. The SMILES string of the molecule is CC(C)Cc1cn(C(C)C)c2ccc(CC(C)CCOC(C)C)cc12. The van der Waals surface area contributed by atoms with Gasteiger partial charge in [0.2, 0.25) is 0 Å². The summed E-state index contributed by atoms with van der Waals surface area (Å²) in [5.74, 6) is 1.33. The molecule has 0 aliphatic rings. The van der Waals surface area contributed by atoms with Gasteiger partial charge in [-0.1, -0.05) is 26.8 Å². The van der Waals surface area contributed by atoms with Crippen molar-refractivity contribution in [1.29, 1.82) is 0 Å². The molecule has 2 heteroatoms. The van der Waals surface area contributed by atoms with Crippen molar-refractivity contribution in [2.75, 3.05) is 6.61 Å². The van der Waals surface area contributed by atoms with Gasteiger partial charge in [-0.3, -0.25) is 0 Å². The number of rotatable bonds is 9. The summed E-state index contributed by atoms with van der Waals surface area (Å²) in [4.78, 5) is 0. The van der Waals surface area contributed by atoms with E-state index < -0.39 is 0 Å². The maximum Gasteiger partial charge on any atom is 0.0518 e. The first-order valence-corrected chi connectivity index (χ1v) is 10.0. The fourth-order valence-electron chi connectivity index (χ4n) is 3.54. The summed E-state index contributed by atoms with van der Waals surface area (Å²) in [5, 5.41) is 1.45. The van der Waals surface area contributed by atoms with E-state index in [2.05, 4.69) is 77.4 Å². The minimum Gasteiger partial charge on any atom is -0.379 e. The predicted octanol–water partition coefficient (Wildman–Crippen LogP) is 6.41. The van der Waals surface area contributed by atoms with Crippen LogP contribution in [0.4, 0.5) is 0 Å². The number of nitrogens with zero attached hydrogens (tertiary/aromatic N) is 1. The van der Waals surface area contributed by atoms with Crippen LogP contribution in [0.1, 0.15) is 72.1 Å². The zero-order valence-corrected chi connectivity index (χ0v) is 17.3. The highest BCUT2D eigenvalue weighted by Gasteiger charge is 2.13. The minimum atomic E-state index is 0.331. The Kier molecular flexibility index (Phi) is 7.13. The second-order valence-electron chi connectivity index (χ2n) is 8.62. The van der Waals surface area contributed by atoms with Crippen LogP contribution < -0.4 is 0 Å². The van der Waals surface area contributed by atoms with Crippen molar-refractivity contribution in [1.82, 2.24) is 4.57 Å². The summed E-state index contributed by atoms with van der Waals surface area (Å²) in [6.45, 7) is 16.6. The number of ether oxygens (including phenoxy) is 1. The van der Waals surface area contributed by atoms with Crippen LogP contribution in [-0.2, 0) is 17.6 Å². The molecule has 2 nitrogen and oxygen atoms in total. The zero-order valence-electron chi connectivity index (χ0n) is 17.3. The molecule has 1 unspecified atom stereocenters. The molecule has 0 aliphatic heterocycles. The first kappa shape index (κ1) is 20.0. The lowest BCUT2D eigenvalue weighted by atomic mass is 9.95. The standard InChI is InChI=1S/C23H37NO/c1-16(2)12-21-15-24(17(3)4)23-9-8-20(14-22(21)23)13-19(7)10-11-25-18(5)6/h8-9,14-19H,10-13H2,1-7H3. The topological polar surface area (TPSA) is 14.2 Å². The van der Waals surface area contributed by atoms with E-state index in [-0.39, 0.29) is 0 Å². The van der Waals surface area contributed by atoms with Crippen LogP contribution in [0.3, 0.4) is 0 Å². The largest absolute Gasteiger partial charge is 0.379 e. The summed E-state index contributed by atoms with van der Waals surface area (Å²) in [6.07, 6.45) is 6.11. The molecule has 25 heavy (non-hydrogen) atoms. The fourth-order valence-corrected chi connectivity index (χ4v) is 3.54. The van der Waals surface area contributed by atoms with Crippen molar-refractivity contribution >= 4 is 10.9 Å². The molecule has 1 aromatic heterocycles. The van der Waals surface area contributed by atoms with Crippen LogP contribution >= 0.6 is 0 Å². The predicted molar refractivity (Wildman–Crippen MR) is 109 cm³/mol. The minimum absolute atomic E-state index is 0.331. The van der Waals surface area contributed by atoms with Gasteiger partial charge in [0.25, 0.3) is 0 Å². The molecule has 140 valence electrons. The number of aromatic nitrogens is 1. The monoisotopic (exact) mass is 343 g/mol. The van der Waals surface area contributed by atoms with E-state index in [4.69, 9.17) is 4.74 Å². The van der Waals surface area contributed by atoms with E-state index in [1.807, 2.05) is 0 Å². The van der Waals surface area contributed by atoms with E-state index in [1.54, 1.807) is 0 Å². The number of hydrogen-bond donors (Lipinski definition) is 0. The third-order valence-corrected chi connectivity index (χ3v) is 4.81. The van der Waals surface area contributed by atoms with Gasteiger partial charge in [0, 0.05) is 29.7 Å². The molecule has 0 saturated heterocycles. The molecule has 0 radical (unpaired) electrons. The lowest BCUT2D eigenvalue weighted by molar-refractivity contribution is 0.0697. The summed E-state index contributed by atoms with van der Waals surface area (Å²) in [6, 6.07) is 7.58. The van der Waals surface area contributed by atoms with Gasteiger partial charge in [0.15, 0.2) is 0 Å². The van der Waals surface area contributed by atoms with Crippen LogP contribution in [-0.4, -0.2) is 17.3 Å². The molecule has 2 aromatic rings. The molecule has 1 aromatic carbocycles. The Hall–Kier alpha value is -1.28. The molecule has 0 N–H and O–H groups in total. The van der Waals surface area contributed by atoms with Gasteiger partial charge in [0.1, 0.15) is 0 Å². The normalized spacial score (nSPS) is 13.5. The summed E-state index contributed by atoms with van der Waals surface area (Å²) < 4.78 is 8.14. The van der Waals surface area contributed by atoms with Crippen molar-refractivity contribution in [3.63, 3.8) is 0 Å². The van der Waals surface area contributed by atoms with Crippen LogP contribution in [0.5, 0.6) is 0 Å². The van der Waals surface area contributed by atoms with Gasteiger partial charge in [-0.2, -0.15) is 0 Å². The Labute approximate surface area is 154 Å². The Bertz CT molecular complexity index is 666. The van der Waals surface area contributed by atoms with Crippen LogP contribution in [0, 0.1) is 11.8 Å². The first-order chi connectivity index (χ1) is 11.8. The second kappa shape index (κ2) is 8.89. The van der Waals surface area contributed by atoms with Crippen LogP contribution in [0.15, 0.2) is 24.4 Å². The smallest absolute Gasteiger partial charge is 0.0518 e. The summed E-state index contributed by atoms with van der Waals surface area (Å²) in [7, 11) is 0. The molecular formula is C23H37NO. The molecule has 0 fully saturated rings. The number of benzene rings is 1. The Balaban J connectivity index is 2.19. The average molecular weight is 344 g/mol. The van der Waals surface area contributed by atoms with Gasteiger partial charge >= 0.3 is 0 Å². The van der Waals surface area contributed by atoms with E-state index in [0.717, 1.165) is 25.9 Å². The Morgan fingerprint density at radius 2 is 1.68 bits per heavy atom. The molecule has 0 amide bonds. The third kappa shape index (κ3) is 5.60. The quantitative estimate of drug-likeness (QED) is 0.513. The maximum absolute atomic E-state index is 5.71. The molecule has 2 rings (SSSR count). The molecule has 0 spiro atoms. The van der Waals surface area contributed by atoms with Crippen molar-refractivity contribution in [2.45, 2.75) is 79.9 Å². The molecule has 0 saturated carbocycles. The lowest BCUT2D eigenvalue weighted by Crippen LogP contribution is -2.09. The average Bonchev–Trinajstić information content (AvgIpc) is 2.84. The van der Waals surface area contributed by atoms with E-state index in [9.17, 15) is 0 Å². The Morgan fingerprint density at radius 1 is 0.960 bits per heavy atom. The van der Waals surface area contributed by atoms with Crippen molar-refractivity contribution in [2.24, 2.45) is 11.8 Å². The van der Waals surface area contributed by atoms with Gasteiger partial charge in [-0.15, -0.1) is 0 Å². The van der Waals surface area contributed by atoms with Gasteiger partial charge in [0.05, 0.1) is 6.10 Å². The van der Waals surface area contributed by atoms with Gasteiger partial charge in [-0.25, -0.2) is 0 Å². The van der Waals surface area contributed by atoms with Gasteiger partial charge < -0.3 is 9.30 Å². The molecule has 1 heterocycles. The van der Waals surface area contributed by atoms with E-state index in [0.29, 0.717) is 24.0 Å². The molecule has 0 bridgehead atoms. The maximum atomic E-state index is 5.71. The third-order valence-electron chi connectivity index (χ3n) is 4.81. The zero-order chi connectivity index (χ0) is 18.6. The lowest BCUT2D eigenvalue weighted by Gasteiger charge is -2.14. The highest BCUT2D eigenvalue weighted by atomic mass is 16.5. The number of fused-ring (bicyclic) bond motifs is 1. The molecular weight excluding hydrogens is 306 g/mol. The van der Waals surface area contributed by atoms with E-state index >= 15 is 0 Å². The second-order valence-corrected chi connectivity index (χ2v) is 8.62. The molecule has 0 aliphatic carbocycles.